The van der Waals surface area contributed by atoms with E-state index in [-0.39, 0.29) is 0 Å². The van der Waals surface area contributed by atoms with Gasteiger partial charge in [-0.25, -0.2) is 0 Å². The summed E-state index contributed by atoms with van der Waals surface area (Å²) in [4.78, 5) is 0. The van der Waals surface area contributed by atoms with E-state index in [1.54, 1.807) is 0 Å². The first-order chi connectivity index (χ1) is 2.27. The van der Waals surface area contributed by atoms with Crippen molar-refractivity contribution in [3.63, 3.8) is 0 Å². The van der Waals surface area contributed by atoms with Gasteiger partial charge < -0.3 is 4.12 Å². The van der Waals surface area contributed by atoms with Crippen LogP contribution >= 0.6 is 15.3 Å². The maximum atomic E-state index is 4.94. The van der Waals surface area contributed by atoms with Crippen LogP contribution in [0.3, 0.4) is 0 Å². The van der Waals surface area contributed by atoms with Crippen LogP contribution in [0.1, 0.15) is 0 Å². The number of halogens is 1. The number of hydrogen-bond donors (Lipinski definition) is 0. The predicted molar refractivity (Wildman–Crippen MR) is 33.0 cm³/mol. The molecule has 0 aromatic rings. The lowest BCUT2D eigenvalue weighted by molar-refractivity contribution is 0.665. The van der Waals surface area contributed by atoms with E-state index in [0.717, 1.165) is 10.5 Å². The van der Waals surface area contributed by atoms with E-state index in [2.05, 4.69) is 21.8 Å². The molecule has 0 spiro atoms. The Morgan fingerprint density at radius 1 is 2.00 bits per heavy atom. The minimum atomic E-state index is -0.775. The Bertz CT molecular complexity index is 23.6. The maximum absolute atomic E-state index is 4.94. The van der Waals surface area contributed by atoms with Crippen molar-refractivity contribution in [1.29, 1.82) is 0 Å². The van der Waals surface area contributed by atoms with Gasteiger partial charge in [0.2, 0.25) is 7.66 Å². The standard InChI is InChI=1S/CH7BrOSi2/c1-5(2)3-4/h5H,1,4H3. The molecule has 0 radical (unpaired) electrons. The van der Waals surface area contributed by atoms with Crippen molar-refractivity contribution in [2.45, 2.75) is 6.55 Å². The molecule has 1 unspecified atom stereocenters. The Kier molecular flexibility index (Phi) is 3.62. The summed E-state index contributed by atoms with van der Waals surface area (Å²) in [6.45, 7) is 2.09. The average Bonchev–Trinajstić information content (AvgIpc) is 1.38. The van der Waals surface area contributed by atoms with Crippen molar-refractivity contribution in [3.8, 4) is 0 Å². The molecule has 0 aliphatic rings. The van der Waals surface area contributed by atoms with E-state index in [0.29, 0.717) is 0 Å². The van der Waals surface area contributed by atoms with Gasteiger partial charge in [0.05, 0.1) is 0 Å². The fourth-order valence-electron chi connectivity index (χ4n) is 0. The molecule has 4 heteroatoms. The zero-order chi connectivity index (χ0) is 4.28. The van der Waals surface area contributed by atoms with E-state index >= 15 is 0 Å². The smallest absolute Gasteiger partial charge is 0.233 e. The van der Waals surface area contributed by atoms with Gasteiger partial charge in [-0.2, -0.15) is 0 Å². The quantitative estimate of drug-likeness (QED) is 0.383. The molecule has 0 aromatic carbocycles. The molecule has 0 amide bonds. The Morgan fingerprint density at radius 3 is 2.20 bits per heavy atom. The first-order valence-electron chi connectivity index (χ1n) is 1.44. The maximum Gasteiger partial charge on any atom is 0.233 e. The highest BCUT2D eigenvalue weighted by Gasteiger charge is 1.85. The van der Waals surface area contributed by atoms with E-state index in [1.165, 1.54) is 0 Å². The second-order valence-electron chi connectivity index (χ2n) is 0.779. The van der Waals surface area contributed by atoms with Crippen molar-refractivity contribution < 1.29 is 4.12 Å². The highest BCUT2D eigenvalue weighted by Crippen LogP contribution is 1.87. The molecule has 0 rings (SSSR count). The van der Waals surface area contributed by atoms with E-state index in [1.807, 2.05) is 0 Å². The van der Waals surface area contributed by atoms with Crippen LogP contribution < -0.4 is 0 Å². The zero-order valence-corrected chi connectivity index (χ0v) is 8.10. The second-order valence-corrected chi connectivity index (χ2v) is 7.62. The number of hydrogen-bond acceptors (Lipinski definition) is 1. The zero-order valence-electron chi connectivity index (χ0n) is 3.36. The Morgan fingerprint density at radius 2 is 2.20 bits per heavy atom. The molecule has 32 valence electrons. The van der Waals surface area contributed by atoms with Crippen LogP contribution in [0.25, 0.3) is 0 Å². The van der Waals surface area contributed by atoms with Gasteiger partial charge in [0.15, 0.2) is 0 Å². The number of rotatable bonds is 1. The summed E-state index contributed by atoms with van der Waals surface area (Å²) >= 11 is 3.32. The average molecular weight is 171 g/mol. The van der Waals surface area contributed by atoms with Gasteiger partial charge in [0.1, 0.15) is 10.5 Å². The van der Waals surface area contributed by atoms with Crippen molar-refractivity contribution in [1.82, 2.24) is 0 Å². The molecule has 1 atom stereocenters. The van der Waals surface area contributed by atoms with Crippen LogP contribution in [0.4, 0.5) is 0 Å². The normalized spacial score (nSPS) is 15.6. The molecular weight excluding hydrogens is 164 g/mol. The highest BCUT2D eigenvalue weighted by atomic mass is 79.9. The minimum Gasteiger partial charge on any atom is -0.458 e. The fraction of sp³-hybridized carbons (Fsp3) is 1.00. The molecule has 0 aliphatic carbocycles. The third-order valence-corrected chi connectivity index (χ3v) is 6.29. The van der Waals surface area contributed by atoms with Gasteiger partial charge in [-0.15, -0.1) is 0 Å². The van der Waals surface area contributed by atoms with E-state index in [9.17, 15) is 0 Å². The molecule has 0 fully saturated rings. The minimum absolute atomic E-state index is 0.775. The largest absolute Gasteiger partial charge is 0.458 e. The molecule has 1 nitrogen and oxygen atoms in total. The first kappa shape index (κ1) is 5.87. The van der Waals surface area contributed by atoms with Gasteiger partial charge >= 0.3 is 0 Å². The van der Waals surface area contributed by atoms with Crippen LogP contribution in [0.5, 0.6) is 0 Å². The van der Waals surface area contributed by atoms with Crippen LogP contribution in [0.2, 0.25) is 6.55 Å². The lowest BCUT2D eigenvalue weighted by atomic mass is 11.9. The van der Waals surface area contributed by atoms with Crippen LogP contribution in [0, 0.1) is 0 Å². The first-order valence-corrected chi connectivity index (χ1v) is 7.07. The van der Waals surface area contributed by atoms with Gasteiger partial charge in [0.25, 0.3) is 0 Å². The third kappa shape index (κ3) is 4.87. The summed E-state index contributed by atoms with van der Waals surface area (Å²) in [6, 6.07) is 0. The van der Waals surface area contributed by atoms with Crippen LogP contribution in [-0.2, 0) is 4.12 Å². The molecule has 0 bridgehead atoms. The van der Waals surface area contributed by atoms with E-state index < -0.39 is 7.66 Å². The highest BCUT2D eigenvalue weighted by molar-refractivity contribution is 9.24. The Balaban J connectivity index is 2.54. The van der Waals surface area contributed by atoms with Crippen LogP contribution in [-0.4, -0.2) is 18.1 Å². The van der Waals surface area contributed by atoms with E-state index in [4.69, 9.17) is 4.12 Å². The van der Waals surface area contributed by atoms with Crippen LogP contribution in [0.15, 0.2) is 0 Å². The van der Waals surface area contributed by atoms with Gasteiger partial charge in [-0.05, 0) is 6.55 Å². The summed E-state index contributed by atoms with van der Waals surface area (Å²) in [6.07, 6.45) is 0. The summed E-state index contributed by atoms with van der Waals surface area (Å²) in [5.74, 6) is 0. The molecule has 0 aromatic heterocycles. The molecule has 0 aliphatic heterocycles. The van der Waals surface area contributed by atoms with Crippen molar-refractivity contribution in [2.24, 2.45) is 0 Å². The van der Waals surface area contributed by atoms with Crippen molar-refractivity contribution in [3.05, 3.63) is 0 Å². The Hall–Kier alpha value is 0.874. The summed E-state index contributed by atoms with van der Waals surface area (Å²) in [5.41, 5.74) is 0. The van der Waals surface area contributed by atoms with Gasteiger partial charge in [-0.1, -0.05) is 15.3 Å². The van der Waals surface area contributed by atoms with Crippen molar-refractivity contribution >= 4 is 33.4 Å². The monoisotopic (exact) mass is 170 g/mol. The van der Waals surface area contributed by atoms with Gasteiger partial charge in [-0.3, -0.25) is 0 Å². The molecule has 0 heterocycles. The SMILES string of the molecule is C[SiH](Br)O[SiH3]. The lowest BCUT2D eigenvalue weighted by Crippen LogP contribution is -1.97. The third-order valence-electron chi connectivity index (χ3n) is 0.325. The van der Waals surface area contributed by atoms with Gasteiger partial charge in [0, 0.05) is 0 Å². The topological polar surface area (TPSA) is 9.23 Å². The molecular formula is CH7BrOSi2. The molecule has 5 heavy (non-hydrogen) atoms. The predicted octanol–water partition coefficient (Wildman–Crippen LogP) is -0.471. The Labute approximate surface area is 44.6 Å². The molecule has 0 saturated carbocycles. The molecule has 0 saturated heterocycles. The van der Waals surface area contributed by atoms with Crippen molar-refractivity contribution in [2.75, 3.05) is 0 Å². The summed E-state index contributed by atoms with van der Waals surface area (Å²) < 4.78 is 4.94. The molecule has 0 N–H and O–H groups in total. The lowest BCUT2D eigenvalue weighted by Gasteiger charge is -1.90. The summed E-state index contributed by atoms with van der Waals surface area (Å²) in [7, 11) is 0.113. The second kappa shape index (κ2) is 3.08. The fourth-order valence-corrected chi connectivity index (χ4v) is 0. The summed E-state index contributed by atoms with van der Waals surface area (Å²) in [5, 5.41) is 0.